The maximum atomic E-state index is 13.2. The zero-order valence-corrected chi connectivity index (χ0v) is 18.1. The Labute approximate surface area is 173 Å². The van der Waals surface area contributed by atoms with Crippen molar-refractivity contribution in [1.29, 1.82) is 0 Å². The lowest BCUT2D eigenvalue weighted by Crippen LogP contribution is -2.45. The van der Waals surface area contributed by atoms with E-state index in [1.807, 2.05) is 36.1 Å². The van der Waals surface area contributed by atoms with Crippen LogP contribution in [-0.4, -0.2) is 48.1 Å². The number of morpholine rings is 1. The third-order valence-corrected chi connectivity index (χ3v) is 7.25. The highest BCUT2D eigenvalue weighted by atomic mass is 32.1. The Hall–Kier alpha value is -1.96. The Balaban J connectivity index is 1.54. The topological polar surface area (TPSA) is 45.7 Å². The summed E-state index contributed by atoms with van der Waals surface area (Å²) in [6, 6.07) is 12.1. The Kier molecular flexibility index (Phi) is 5.66. The van der Waals surface area contributed by atoms with Gasteiger partial charge < -0.3 is 14.5 Å². The van der Waals surface area contributed by atoms with E-state index in [0.29, 0.717) is 13.1 Å². The molecule has 0 bridgehead atoms. The molecule has 5 nitrogen and oxygen atoms in total. The van der Waals surface area contributed by atoms with Gasteiger partial charge in [0.25, 0.3) is 5.91 Å². The molecule has 0 aliphatic carbocycles. The second-order valence-corrected chi connectivity index (χ2v) is 9.04. The number of amides is 1. The van der Waals surface area contributed by atoms with Gasteiger partial charge in [-0.05, 0) is 32.4 Å². The number of aromatic nitrogens is 1. The van der Waals surface area contributed by atoms with Crippen LogP contribution in [0.15, 0.2) is 36.4 Å². The lowest BCUT2D eigenvalue weighted by molar-refractivity contribution is -0.0690. The van der Waals surface area contributed by atoms with E-state index in [-0.39, 0.29) is 18.1 Å². The van der Waals surface area contributed by atoms with Gasteiger partial charge in [0, 0.05) is 19.6 Å². The van der Waals surface area contributed by atoms with Crippen LogP contribution in [0, 0.1) is 0 Å². The summed E-state index contributed by atoms with van der Waals surface area (Å²) in [5.74, 6) is 0.0793. The van der Waals surface area contributed by atoms with Crippen molar-refractivity contribution in [2.45, 2.75) is 33.0 Å². The van der Waals surface area contributed by atoms with Crippen LogP contribution >= 0.6 is 22.7 Å². The summed E-state index contributed by atoms with van der Waals surface area (Å²) in [5, 5.41) is 1.04. The summed E-state index contributed by atoms with van der Waals surface area (Å²) in [7, 11) is 0. The number of benzene rings is 1. The molecule has 1 fully saturated rings. The lowest BCUT2D eigenvalue weighted by Gasteiger charge is -2.36. The molecule has 2 atom stereocenters. The fourth-order valence-corrected chi connectivity index (χ4v) is 5.89. The van der Waals surface area contributed by atoms with Gasteiger partial charge in [0.15, 0.2) is 5.13 Å². The zero-order valence-electron chi connectivity index (χ0n) is 16.4. The van der Waals surface area contributed by atoms with Gasteiger partial charge in [-0.2, -0.15) is 0 Å². The van der Waals surface area contributed by atoms with E-state index in [2.05, 4.69) is 30.9 Å². The summed E-state index contributed by atoms with van der Waals surface area (Å²) in [5.41, 5.74) is 1.12. The molecule has 1 aliphatic heterocycles. The number of hydrogen-bond acceptors (Lipinski definition) is 6. The van der Waals surface area contributed by atoms with Gasteiger partial charge in [-0.1, -0.05) is 41.7 Å². The average Bonchev–Trinajstić information content (AvgIpc) is 3.28. The number of anilines is 1. The van der Waals surface area contributed by atoms with E-state index in [9.17, 15) is 4.79 Å². The van der Waals surface area contributed by atoms with Gasteiger partial charge in [0.1, 0.15) is 10.9 Å². The number of thiophene rings is 1. The molecule has 148 valence electrons. The second-order valence-electron chi connectivity index (χ2n) is 7.00. The van der Waals surface area contributed by atoms with E-state index in [1.54, 1.807) is 11.3 Å². The Morgan fingerprint density at radius 3 is 2.64 bits per heavy atom. The van der Waals surface area contributed by atoms with Crippen molar-refractivity contribution < 1.29 is 9.53 Å². The van der Waals surface area contributed by atoms with Crippen molar-refractivity contribution in [3.05, 3.63) is 46.8 Å². The lowest BCUT2D eigenvalue weighted by atomic mass is 10.1. The van der Waals surface area contributed by atoms with Crippen molar-refractivity contribution >= 4 is 43.2 Å². The highest BCUT2D eigenvalue weighted by molar-refractivity contribution is 7.29. The monoisotopic (exact) mass is 415 g/mol. The zero-order chi connectivity index (χ0) is 19.7. The van der Waals surface area contributed by atoms with Crippen molar-refractivity contribution in [2.75, 3.05) is 31.1 Å². The summed E-state index contributed by atoms with van der Waals surface area (Å²) >= 11 is 3.16. The summed E-state index contributed by atoms with van der Waals surface area (Å²) in [4.78, 5) is 23.8. The number of ether oxygens (including phenoxy) is 1. The van der Waals surface area contributed by atoms with Gasteiger partial charge >= 0.3 is 0 Å². The molecule has 28 heavy (non-hydrogen) atoms. The molecular formula is C21H25N3O2S2. The van der Waals surface area contributed by atoms with Crippen molar-refractivity contribution in [2.24, 2.45) is 0 Å². The number of thiazole rings is 1. The smallest absolute Gasteiger partial charge is 0.264 e. The molecule has 1 amide bonds. The molecule has 0 spiro atoms. The minimum Gasteiger partial charge on any atom is -0.367 e. The highest BCUT2D eigenvalue weighted by Gasteiger charge is 2.31. The minimum atomic E-state index is -0.0811. The van der Waals surface area contributed by atoms with Crippen LogP contribution in [0.25, 0.3) is 9.53 Å². The molecule has 0 radical (unpaired) electrons. The molecule has 2 aromatic heterocycles. The Morgan fingerprint density at radius 2 is 1.96 bits per heavy atom. The van der Waals surface area contributed by atoms with Crippen molar-refractivity contribution in [1.82, 2.24) is 9.88 Å². The molecule has 1 aliphatic rings. The van der Waals surface area contributed by atoms with Gasteiger partial charge in [0.2, 0.25) is 0 Å². The number of nitrogens with zero attached hydrogens (tertiary/aromatic N) is 3. The van der Waals surface area contributed by atoms with Crippen molar-refractivity contribution in [3.8, 4) is 0 Å². The van der Waals surface area contributed by atoms with Crippen LogP contribution in [0.4, 0.5) is 5.13 Å². The Morgan fingerprint density at radius 1 is 1.21 bits per heavy atom. The van der Waals surface area contributed by atoms with Crippen LogP contribution in [0.5, 0.6) is 0 Å². The van der Waals surface area contributed by atoms with Crippen molar-refractivity contribution in [3.63, 3.8) is 0 Å². The first-order valence-electron chi connectivity index (χ1n) is 9.74. The first-order chi connectivity index (χ1) is 13.6. The predicted molar refractivity (Wildman–Crippen MR) is 117 cm³/mol. The summed E-state index contributed by atoms with van der Waals surface area (Å²) < 4.78 is 7.19. The first-order valence-corrected chi connectivity index (χ1v) is 11.4. The SMILES string of the molecule is CCN(CC)c1nc2sc(C(=O)N3C[C@@H](c4ccccc4)O[C@@H](C)C3)cc2s1. The molecule has 7 heteroatoms. The number of hydrogen-bond donors (Lipinski definition) is 0. The molecule has 3 aromatic rings. The summed E-state index contributed by atoms with van der Waals surface area (Å²) in [6.45, 7) is 9.38. The van der Waals surface area contributed by atoms with Crippen LogP contribution in [0.1, 0.15) is 42.1 Å². The van der Waals surface area contributed by atoms with Crippen LogP contribution in [0.3, 0.4) is 0 Å². The highest BCUT2D eigenvalue weighted by Crippen LogP contribution is 2.36. The van der Waals surface area contributed by atoms with Crippen LogP contribution in [-0.2, 0) is 4.74 Å². The van der Waals surface area contributed by atoms with E-state index in [1.165, 1.54) is 11.3 Å². The standard InChI is InChI=1S/C21H25N3O2S2/c1-4-23(5-2)21-22-19-17(28-21)11-18(27-19)20(25)24-12-14(3)26-16(13-24)15-9-7-6-8-10-15/h6-11,14,16H,4-5,12-13H2,1-3H3/t14-,16-/m0/s1. The normalized spacial score (nSPS) is 19.9. The Bertz CT molecular complexity index is 918. The molecule has 0 N–H and O–H groups in total. The fraction of sp³-hybridized carbons (Fsp3) is 0.429. The molecule has 4 rings (SSSR count). The predicted octanol–water partition coefficient (Wildman–Crippen LogP) is 4.81. The van der Waals surface area contributed by atoms with E-state index in [0.717, 1.165) is 38.2 Å². The van der Waals surface area contributed by atoms with Gasteiger partial charge in [-0.25, -0.2) is 4.98 Å². The molecule has 3 heterocycles. The largest absolute Gasteiger partial charge is 0.367 e. The number of carbonyl (C=O) groups is 1. The number of carbonyl (C=O) groups excluding carboxylic acids is 1. The maximum Gasteiger partial charge on any atom is 0.264 e. The third kappa shape index (κ3) is 3.79. The van der Waals surface area contributed by atoms with E-state index in [4.69, 9.17) is 9.72 Å². The van der Waals surface area contributed by atoms with E-state index < -0.39 is 0 Å². The van der Waals surface area contributed by atoms with Crippen LogP contribution < -0.4 is 4.90 Å². The molecular weight excluding hydrogens is 390 g/mol. The van der Waals surface area contributed by atoms with Gasteiger partial charge in [-0.3, -0.25) is 4.79 Å². The second kappa shape index (κ2) is 8.19. The fourth-order valence-electron chi connectivity index (χ4n) is 3.58. The number of rotatable bonds is 5. The first kappa shape index (κ1) is 19.4. The third-order valence-electron chi connectivity index (χ3n) is 5.04. The van der Waals surface area contributed by atoms with Crippen LogP contribution in [0.2, 0.25) is 0 Å². The van der Waals surface area contributed by atoms with Gasteiger partial charge in [-0.15, -0.1) is 11.3 Å². The molecule has 0 unspecified atom stereocenters. The number of fused-ring (bicyclic) bond motifs is 1. The molecule has 0 saturated carbocycles. The quantitative estimate of drug-likeness (QED) is 0.600. The molecule has 1 aromatic carbocycles. The van der Waals surface area contributed by atoms with E-state index >= 15 is 0 Å². The summed E-state index contributed by atoms with van der Waals surface area (Å²) in [6.07, 6.45) is -0.0706. The van der Waals surface area contributed by atoms with Gasteiger partial charge in [0.05, 0.1) is 22.2 Å². The maximum absolute atomic E-state index is 13.2. The average molecular weight is 416 g/mol. The minimum absolute atomic E-state index is 0.0105. The molecule has 1 saturated heterocycles.